The Hall–Kier alpha value is -1.77. The maximum Gasteiger partial charge on any atom is 0.258 e. The fourth-order valence-corrected chi connectivity index (χ4v) is 1.07. The Morgan fingerprint density at radius 1 is 1.43 bits per heavy atom. The van der Waals surface area contributed by atoms with Crippen LogP contribution in [-0.4, -0.2) is 13.0 Å². The van der Waals surface area contributed by atoms with E-state index >= 15 is 0 Å². The SMILES string of the molecule is C/C=C/NC(=O)c1ccccc1OC. The number of carbonyl (C=O) groups excluding carboxylic acids is 1. The van der Waals surface area contributed by atoms with Gasteiger partial charge in [-0.25, -0.2) is 0 Å². The molecular weight excluding hydrogens is 178 g/mol. The number of benzene rings is 1. The number of methoxy groups -OCH3 is 1. The van der Waals surface area contributed by atoms with E-state index in [9.17, 15) is 4.79 Å². The Kier molecular flexibility index (Phi) is 3.73. The van der Waals surface area contributed by atoms with E-state index in [2.05, 4.69) is 5.32 Å². The molecule has 3 heteroatoms. The molecule has 14 heavy (non-hydrogen) atoms. The molecule has 0 heterocycles. The lowest BCUT2D eigenvalue weighted by atomic mass is 10.2. The average molecular weight is 191 g/mol. The first-order chi connectivity index (χ1) is 6.79. The van der Waals surface area contributed by atoms with Crippen LogP contribution in [0.5, 0.6) is 5.75 Å². The van der Waals surface area contributed by atoms with Crippen LogP contribution in [0.15, 0.2) is 36.5 Å². The first kappa shape index (κ1) is 10.3. The monoisotopic (exact) mass is 191 g/mol. The summed E-state index contributed by atoms with van der Waals surface area (Å²) in [6.45, 7) is 1.84. The Labute approximate surface area is 83.4 Å². The molecule has 0 aliphatic rings. The Bertz CT molecular complexity index is 345. The Morgan fingerprint density at radius 3 is 2.79 bits per heavy atom. The molecule has 74 valence electrons. The van der Waals surface area contributed by atoms with E-state index < -0.39 is 0 Å². The maximum absolute atomic E-state index is 11.5. The molecular formula is C11H13NO2. The summed E-state index contributed by atoms with van der Waals surface area (Å²) in [5.41, 5.74) is 0.535. The van der Waals surface area contributed by atoms with Crippen molar-refractivity contribution in [3.63, 3.8) is 0 Å². The zero-order valence-electron chi connectivity index (χ0n) is 8.28. The fraction of sp³-hybridized carbons (Fsp3) is 0.182. The van der Waals surface area contributed by atoms with Crippen LogP contribution in [0.3, 0.4) is 0 Å². The predicted molar refractivity (Wildman–Crippen MR) is 55.3 cm³/mol. The van der Waals surface area contributed by atoms with E-state index in [-0.39, 0.29) is 5.91 Å². The minimum absolute atomic E-state index is 0.166. The normalized spacial score (nSPS) is 10.1. The van der Waals surface area contributed by atoms with Crippen molar-refractivity contribution < 1.29 is 9.53 Å². The number of carbonyl (C=O) groups is 1. The van der Waals surface area contributed by atoms with E-state index in [1.165, 1.54) is 0 Å². The number of hydrogen-bond acceptors (Lipinski definition) is 2. The van der Waals surface area contributed by atoms with Gasteiger partial charge in [0.05, 0.1) is 12.7 Å². The first-order valence-electron chi connectivity index (χ1n) is 4.34. The summed E-state index contributed by atoms with van der Waals surface area (Å²) in [6.07, 6.45) is 3.35. The van der Waals surface area contributed by atoms with Crippen molar-refractivity contribution in [2.45, 2.75) is 6.92 Å². The molecule has 1 aromatic carbocycles. The second-order valence-corrected chi connectivity index (χ2v) is 2.67. The number of nitrogens with one attached hydrogen (secondary N) is 1. The van der Waals surface area contributed by atoms with E-state index in [0.29, 0.717) is 11.3 Å². The quantitative estimate of drug-likeness (QED) is 0.793. The van der Waals surface area contributed by atoms with Crippen molar-refractivity contribution in [3.8, 4) is 5.75 Å². The number of rotatable bonds is 3. The van der Waals surface area contributed by atoms with Crippen molar-refractivity contribution >= 4 is 5.91 Å². The zero-order chi connectivity index (χ0) is 10.4. The molecule has 0 fully saturated rings. The molecule has 3 nitrogen and oxygen atoms in total. The van der Waals surface area contributed by atoms with Gasteiger partial charge in [0.1, 0.15) is 5.75 Å². The van der Waals surface area contributed by atoms with Crippen LogP contribution in [0.25, 0.3) is 0 Å². The molecule has 0 aliphatic carbocycles. The third-order valence-electron chi connectivity index (χ3n) is 1.73. The first-order valence-corrected chi connectivity index (χ1v) is 4.34. The summed E-state index contributed by atoms with van der Waals surface area (Å²) < 4.78 is 5.06. The molecule has 1 rings (SSSR count). The number of amides is 1. The van der Waals surface area contributed by atoms with E-state index in [1.807, 2.05) is 13.0 Å². The second kappa shape index (κ2) is 5.07. The van der Waals surface area contributed by atoms with Gasteiger partial charge in [0.15, 0.2) is 0 Å². The number of allylic oxidation sites excluding steroid dienone is 1. The minimum atomic E-state index is -0.166. The number of ether oxygens (including phenoxy) is 1. The molecule has 0 atom stereocenters. The molecule has 0 saturated heterocycles. The zero-order valence-corrected chi connectivity index (χ0v) is 8.28. The molecule has 0 spiro atoms. The summed E-state index contributed by atoms with van der Waals surface area (Å²) >= 11 is 0. The van der Waals surface area contributed by atoms with E-state index in [1.54, 1.807) is 37.6 Å². The number of para-hydroxylation sites is 1. The summed E-state index contributed by atoms with van der Waals surface area (Å²) in [4.78, 5) is 11.5. The van der Waals surface area contributed by atoms with Gasteiger partial charge in [0.25, 0.3) is 5.91 Å². The molecule has 1 aromatic rings. The Morgan fingerprint density at radius 2 is 2.14 bits per heavy atom. The molecule has 1 amide bonds. The van der Waals surface area contributed by atoms with Gasteiger partial charge in [-0.3, -0.25) is 4.79 Å². The van der Waals surface area contributed by atoms with Gasteiger partial charge in [-0.1, -0.05) is 18.2 Å². The van der Waals surface area contributed by atoms with E-state index in [0.717, 1.165) is 0 Å². The van der Waals surface area contributed by atoms with Crippen LogP contribution in [0, 0.1) is 0 Å². The summed E-state index contributed by atoms with van der Waals surface area (Å²) in [7, 11) is 1.54. The molecule has 0 aliphatic heterocycles. The van der Waals surface area contributed by atoms with Gasteiger partial charge in [-0.2, -0.15) is 0 Å². The molecule has 0 unspecified atom stereocenters. The van der Waals surface area contributed by atoms with Crippen molar-refractivity contribution in [2.75, 3.05) is 7.11 Å². The van der Waals surface area contributed by atoms with E-state index in [4.69, 9.17) is 4.74 Å². The van der Waals surface area contributed by atoms with Gasteiger partial charge < -0.3 is 10.1 Å². The van der Waals surface area contributed by atoms with Crippen LogP contribution in [-0.2, 0) is 0 Å². The van der Waals surface area contributed by atoms with Crippen LogP contribution >= 0.6 is 0 Å². The largest absolute Gasteiger partial charge is 0.496 e. The molecule has 0 radical (unpaired) electrons. The third kappa shape index (κ3) is 2.36. The van der Waals surface area contributed by atoms with Gasteiger partial charge in [0.2, 0.25) is 0 Å². The molecule has 0 saturated carbocycles. The van der Waals surface area contributed by atoms with Gasteiger partial charge in [-0.05, 0) is 25.3 Å². The highest BCUT2D eigenvalue weighted by atomic mass is 16.5. The van der Waals surface area contributed by atoms with Gasteiger partial charge >= 0.3 is 0 Å². The lowest BCUT2D eigenvalue weighted by Crippen LogP contribution is -2.17. The highest BCUT2D eigenvalue weighted by molar-refractivity contribution is 5.97. The van der Waals surface area contributed by atoms with Crippen LogP contribution in [0.4, 0.5) is 0 Å². The van der Waals surface area contributed by atoms with Crippen molar-refractivity contribution in [3.05, 3.63) is 42.1 Å². The highest BCUT2D eigenvalue weighted by Crippen LogP contribution is 2.16. The lowest BCUT2D eigenvalue weighted by molar-refractivity contribution is 0.0967. The summed E-state index contributed by atoms with van der Waals surface area (Å²) in [6, 6.07) is 7.10. The maximum atomic E-state index is 11.5. The second-order valence-electron chi connectivity index (χ2n) is 2.67. The van der Waals surface area contributed by atoms with Crippen molar-refractivity contribution in [2.24, 2.45) is 0 Å². The van der Waals surface area contributed by atoms with Crippen LogP contribution in [0.2, 0.25) is 0 Å². The average Bonchev–Trinajstić information content (AvgIpc) is 2.25. The predicted octanol–water partition coefficient (Wildman–Crippen LogP) is 1.96. The van der Waals surface area contributed by atoms with Gasteiger partial charge in [-0.15, -0.1) is 0 Å². The molecule has 0 aromatic heterocycles. The fourth-order valence-electron chi connectivity index (χ4n) is 1.07. The van der Waals surface area contributed by atoms with Crippen molar-refractivity contribution in [1.29, 1.82) is 0 Å². The summed E-state index contributed by atoms with van der Waals surface area (Å²) in [5, 5.41) is 2.62. The smallest absolute Gasteiger partial charge is 0.258 e. The summed E-state index contributed by atoms with van der Waals surface area (Å²) in [5.74, 6) is 0.412. The third-order valence-corrected chi connectivity index (χ3v) is 1.73. The topological polar surface area (TPSA) is 38.3 Å². The van der Waals surface area contributed by atoms with Crippen LogP contribution in [0.1, 0.15) is 17.3 Å². The molecule has 1 N–H and O–H groups in total. The number of hydrogen-bond donors (Lipinski definition) is 1. The van der Waals surface area contributed by atoms with Gasteiger partial charge in [0, 0.05) is 0 Å². The van der Waals surface area contributed by atoms with Crippen LogP contribution < -0.4 is 10.1 Å². The molecule has 0 bridgehead atoms. The minimum Gasteiger partial charge on any atom is -0.496 e. The highest BCUT2D eigenvalue weighted by Gasteiger charge is 2.08. The van der Waals surface area contributed by atoms with Crippen molar-refractivity contribution in [1.82, 2.24) is 5.32 Å². The standard InChI is InChI=1S/C11H13NO2/c1-3-8-12-11(13)9-6-4-5-7-10(9)14-2/h3-8H,1-2H3,(H,12,13)/b8-3+. The lowest BCUT2D eigenvalue weighted by Gasteiger charge is -2.05. The Balaban J connectivity index is 2.88.